The lowest BCUT2D eigenvalue weighted by molar-refractivity contribution is -0.117. The van der Waals surface area contributed by atoms with Crippen molar-refractivity contribution in [3.63, 3.8) is 0 Å². The number of halogens is 1. The smallest absolute Gasteiger partial charge is 0.412 e. The SMILES string of the molecule is CON=C1CCCCN1c1ccc(NC(=O)C(c2ccccc2)N(C(=O)O)c2ccc(Cl)cc2)cc1. The maximum Gasteiger partial charge on any atom is 0.412 e. The van der Waals surface area contributed by atoms with Crippen LogP contribution in [0.4, 0.5) is 21.9 Å². The number of rotatable bonds is 7. The zero-order chi connectivity index (χ0) is 25.5. The second-order valence-corrected chi connectivity index (χ2v) is 8.71. The minimum Gasteiger partial charge on any atom is -0.465 e. The van der Waals surface area contributed by atoms with Gasteiger partial charge >= 0.3 is 6.09 Å². The molecule has 8 nitrogen and oxygen atoms in total. The van der Waals surface area contributed by atoms with Crippen molar-refractivity contribution >= 4 is 46.5 Å². The molecule has 1 atom stereocenters. The van der Waals surface area contributed by atoms with Gasteiger partial charge in [0.15, 0.2) is 0 Å². The number of amides is 2. The van der Waals surface area contributed by atoms with E-state index in [1.807, 2.05) is 18.2 Å². The van der Waals surface area contributed by atoms with Crippen molar-refractivity contribution in [1.29, 1.82) is 0 Å². The van der Waals surface area contributed by atoms with Gasteiger partial charge in [0.1, 0.15) is 19.0 Å². The number of hydrogen-bond acceptors (Lipinski definition) is 4. The Hall–Kier alpha value is -4.04. The fourth-order valence-corrected chi connectivity index (χ4v) is 4.38. The molecule has 2 amide bonds. The maximum atomic E-state index is 13.5. The molecule has 0 spiro atoms. The largest absolute Gasteiger partial charge is 0.465 e. The first kappa shape index (κ1) is 25.1. The van der Waals surface area contributed by atoms with Gasteiger partial charge < -0.3 is 20.2 Å². The molecule has 36 heavy (non-hydrogen) atoms. The Kier molecular flexibility index (Phi) is 8.07. The third-order valence-corrected chi connectivity index (χ3v) is 6.17. The molecule has 0 aliphatic carbocycles. The fraction of sp³-hybridized carbons (Fsp3) is 0.222. The standard InChI is InChI=1S/C27H27ClN4O4/c1-36-30-24-9-5-6-18-31(24)22-16-12-21(13-17-22)29-26(33)25(19-7-3-2-4-8-19)32(27(34)35)23-14-10-20(28)11-15-23/h2-4,7-8,10-17,25H,5-6,9,18H2,1H3,(H,29,33)(H,34,35). The minimum absolute atomic E-state index is 0.335. The Bertz CT molecular complexity index is 1220. The number of nitrogens with zero attached hydrogens (tertiary/aromatic N) is 3. The molecular weight excluding hydrogens is 480 g/mol. The topological polar surface area (TPSA) is 94.5 Å². The Morgan fingerprint density at radius 2 is 1.72 bits per heavy atom. The number of carbonyl (C=O) groups excluding carboxylic acids is 1. The highest BCUT2D eigenvalue weighted by Crippen LogP contribution is 2.30. The van der Waals surface area contributed by atoms with E-state index in [9.17, 15) is 14.7 Å². The summed E-state index contributed by atoms with van der Waals surface area (Å²) < 4.78 is 0. The Balaban J connectivity index is 1.61. The van der Waals surface area contributed by atoms with Crippen LogP contribution >= 0.6 is 11.6 Å². The highest BCUT2D eigenvalue weighted by molar-refractivity contribution is 6.30. The van der Waals surface area contributed by atoms with Crippen LogP contribution in [-0.4, -0.2) is 36.6 Å². The maximum absolute atomic E-state index is 13.5. The molecule has 1 heterocycles. The lowest BCUT2D eigenvalue weighted by atomic mass is 10.0. The van der Waals surface area contributed by atoms with Gasteiger partial charge in [0.25, 0.3) is 5.91 Å². The third-order valence-electron chi connectivity index (χ3n) is 5.92. The van der Waals surface area contributed by atoms with Gasteiger partial charge in [-0.1, -0.05) is 47.1 Å². The van der Waals surface area contributed by atoms with Crippen LogP contribution in [0.15, 0.2) is 84.0 Å². The summed E-state index contributed by atoms with van der Waals surface area (Å²) in [5.41, 5.74) is 2.36. The Morgan fingerprint density at radius 3 is 2.36 bits per heavy atom. The van der Waals surface area contributed by atoms with E-state index in [0.717, 1.165) is 42.2 Å². The lowest BCUT2D eigenvalue weighted by Gasteiger charge is -2.30. The summed E-state index contributed by atoms with van der Waals surface area (Å²) in [4.78, 5) is 34.0. The molecule has 1 saturated heterocycles. The van der Waals surface area contributed by atoms with E-state index in [1.54, 1.807) is 60.7 Å². The molecule has 3 aromatic carbocycles. The monoisotopic (exact) mass is 506 g/mol. The highest BCUT2D eigenvalue weighted by Gasteiger charge is 2.33. The van der Waals surface area contributed by atoms with E-state index >= 15 is 0 Å². The van der Waals surface area contributed by atoms with Gasteiger partial charge in [-0.3, -0.25) is 9.69 Å². The van der Waals surface area contributed by atoms with E-state index in [0.29, 0.717) is 22.0 Å². The molecule has 0 radical (unpaired) electrons. The zero-order valence-corrected chi connectivity index (χ0v) is 20.6. The summed E-state index contributed by atoms with van der Waals surface area (Å²) in [5.74, 6) is 0.385. The van der Waals surface area contributed by atoms with Crippen molar-refractivity contribution in [2.45, 2.75) is 25.3 Å². The first-order valence-electron chi connectivity index (χ1n) is 11.6. The van der Waals surface area contributed by atoms with Crippen LogP contribution in [0.25, 0.3) is 0 Å². The molecule has 0 saturated carbocycles. The summed E-state index contributed by atoms with van der Waals surface area (Å²) in [7, 11) is 1.53. The van der Waals surface area contributed by atoms with Crippen molar-refractivity contribution in [2.75, 3.05) is 28.8 Å². The Morgan fingerprint density at radius 1 is 1.03 bits per heavy atom. The molecule has 4 rings (SSSR count). The molecule has 1 aliphatic rings. The third kappa shape index (κ3) is 5.78. The van der Waals surface area contributed by atoms with Crippen LogP contribution in [0.3, 0.4) is 0 Å². The van der Waals surface area contributed by atoms with Gasteiger partial charge in [0.05, 0.1) is 0 Å². The average molecular weight is 507 g/mol. The molecule has 1 unspecified atom stereocenters. The highest BCUT2D eigenvalue weighted by atomic mass is 35.5. The Labute approximate surface area is 214 Å². The van der Waals surface area contributed by atoms with E-state index in [-0.39, 0.29) is 0 Å². The summed E-state index contributed by atoms with van der Waals surface area (Å²) in [6.45, 7) is 0.832. The van der Waals surface area contributed by atoms with Crippen LogP contribution in [0.1, 0.15) is 30.9 Å². The summed E-state index contributed by atoms with van der Waals surface area (Å²) >= 11 is 5.99. The molecule has 0 bridgehead atoms. The number of oxime groups is 1. The van der Waals surface area contributed by atoms with E-state index in [1.165, 1.54) is 7.11 Å². The van der Waals surface area contributed by atoms with Crippen LogP contribution in [0.2, 0.25) is 5.02 Å². The summed E-state index contributed by atoms with van der Waals surface area (Å²) in [5, 5.41) is 17.6. The van der Waals surface area contributed by atoms with Gasteiger partial charge in [-0.05, 0) is 66.9 Å². The number of nitrogens with one attached hydrogen (secondary N) is 1. The molecule has 1 fully saturated rings. The second kappa shape index (κ2) is 11.6. The van der Waals surface area contributed by atoms with Crippen molar-refractivity contribution < 1.29 is 19.5 Å². The van der Waals surface area contributed by atoms with Crippen LogP contribution in [-0.2, 0) is 9.63 Å². The summed E-state index contributed by atoms with van der Waals surface area (Å²) in [6, 6.07) is 21.4. The van der Waals surface area contributed by atoms with Gasteiger partial charge in [-0.2, -0.15) is 0 Å². The fourth-order valence-electron chi connectivity index (χ4n) is 4.26. The number of anilines is 3. The van der Waals surface area contributed by atoms with Crippen LogP contribution < -0.4 is 15.1 Å². The van der Waals surface area contributed by atoms with Crippen LogP contribution in [0.5, 0.6) is 0 Å². The van der Waals surface area contributed by atoms with Crippen LogP contribution in [0, 0.1) is 0 Å². The summed E-state index contributed by atoms with van der Waals surface area (Å²) in [6.07, 6.45) is 1.68. The number of piperidine rings is 1. The quantitative estimate of drug-likeness (QED) is 0.374. The number of carboxylic acid groups (broad SMARTS) is 1. The zero-order valence-electron chi connectivity index (χ0n) is 19.8. The number of hydrogen-bond donors (Lipinski definition) is 2. The van der Waals surface area contributed by atoms with Gasteiger partial charge in [0, 0.05) is 35.1 Å². The van der Waals surface area contributed by atoms with Crippen molar-refractivity contribution in [3.05, 3.63) is 89.4 Å². The van der Waals surface area contributed by atoms with Gasteiger partial charge in [0.2, 0.25) is 0 Å². The van der Waals surface area contributed by atoms with Crippen molar-refractivity contribution in [3.8, 4) is 0 Å². The first-order valence-corrected chi connectivity index (χ1v) is 12.0. The predicted molar refractivity (Wildman–Crippen MR) is 142 cm³/mol. The molecule has 9 heteroatoms. The van der Waals surface area contributed by atoms with Crippen molar-refractivity contribution in [2.24, 2.45) is 5.16 Å². The number of benzene rings is 3. The number of amidine groups is 1. The van der Waals surface area contributed by atoms with E-state index < -0.39 is 18.0 Å². The van der Waals surface area contributed by atoms with E-state index in [2.05, 4.69) is 15.4 Å². The van der Waals surface area contributed by atoms with Crippen molar-refractivity contribution in [1.82, 2.24) is 0 Å². The predicted octanol–water partition coefficient (Wildman–Crippen LogP) is 6.15. The molecule has 0 aromatic heterocycles. The average Bonchev–Trinajstić information content (AvgIpc) is 2.89. The molecule has 2 N–H and O–H groups in total. The molecular formula is C27H27ClN4O4. The van der Waals surface area contributed by atoms with Gasteiger partial charge in [-0.25, -0.2) is 4.79 Å². The van der Waals surface area contributed by atoms with E-state index in [4.69, 9.17) is 16.4 Å². The molecule has 1 aliphatic heterocycles. The van der Waals surface area contributed by atoms with Gasteiger partial charge in [-0.15, -0.1) is 0 Å². The minimum atomic E-state index is -1.26. The lowest BCUT2D eigenvalue weighted by Crippen LogP contribution is -2.40. The number of carbonyl (C=O) groups is 2. The molecule has 3 aromatic rings. The molecule has 186 valence electrons. The first-order chi connectivity index (χ1) is 17.5. The normalized spacial score (nSPS) is 15.3. The second-order valence-electron chi connectivity index (χ2n) is 8.28.